The molecule has 0 aromatic heterocycles. The molecule has 0 fully saturated rings. The van der Waals surface area contributed by atoms with Crippen molar-refractivity contribution >= 4 is 24.8 Å². The number of aliphatic carboxylic acids is 1. The van der Waals surface area contributed by atoms with Gasteiger partial charge in [0.2, 0.25) is 0 Å². The molecule has 1 unspecified atom stereocenters. The largest absolute Gasteiger partial charge is 0.479 e. The van der Waals surface area contributed by atoms with Crippen molar-refractivity contribution in [2.75, 3.05) is 0 Å². The van der Waals surface area contributed by atoms with Gasteiger partial charge in [-0.1, -0.05) is 96.8 Å². The maximum Gasteiger partial charge on any atom is 0.332 e. The van der Waals surface area contributed by atoms with E-state index >= 15 is 0 Å². The van der Waals surface area contributed by atoms with Crippen LogP contribution < -0.4 is 0 Å². The molecule has 0 rings (SSSR count). The number of carbonyl (C=O) groups is 1. The van der Waals surface area contributed by atoms with Crippen LogP contribution in [0.2, 0.25) is 0 Å². The number of hydrogen-bond donors (Lipinski definition) is 2. The summed E-state index contributed by atoms with van der Waals surface area (Å²) in [5, 5.41) is 17.7. The molecule has 22 heavy (non-hydrogen) atoms. The minimum Gasteiger partial charge on any atom is -0.479 e. The van der Waals surface area contributed by atoms with E-state index in [9.17, 15) is 4.79 Å². The zero-order valence-corrected chi connectivity index (χ0v) is 15.0. The van der Waals surface area contributed by atoms with E-state index in [1.807, 2.05) is 0 Å². The second-order valence-electron chi connectivity index (χ2n) is 6.24. The van der Waals surface area contributed by atoms with Crippen molar-refractivity contribution in [3.8, 4) is 0 Å². The Bertz CT molecular complexity index is 234. The van der Waals surface area contributed by atoms with Crippen LogP contribution in [0.3, 0.4) is 0 Å². The van der Waals surface area contributed by atoms with Gasteiger partial charge in [-0.25, -0.2) is 4.79 Å². The van der Waals surface area contributed by atoms with E-state index < -0.39 is 12.1 Å². The summed E-state index contributed by atoms with van der Waals surface area (Å²) >= 11 is 0. The van der Waals surface area contributed by atoms with Gasteiger partial charge in [-0.15, -0.1) is 0 Å². The Balaban J connectivity index is 0. The Morgan fingerprint density at radius 1 is 0.727 bits per heavy atom. The number of aliphatic hydroxyl groups excluding tert-OH is 1. The summed E-state index contributed by atoms with van der Waals surface area (Å²) in [6.45, 7) is 2.26. The maximum atomic E-state index is 10.4. The first-order valence-corrected chi connectivity index (χ1v) is 9.09. The van der Waals surface area contributed by atoms with Gasteiger partial charge in [0.15, 0.2) is 6.10 Å². The van der Waals surface area contributed by atoms with E-state index in [0.29, 0.717) is 6.42 Å². The molecule has 0 aromatic rings. The smallest absolute Gasteiger partial charge is 0.332 e. The number of carboxylic acids is 1. The molecule has 0 aromatic carbocycles. The van der Waals surface area contributed by atoms with Crippen molar-refractivity contribution in [3.05, 3.63) is 0 Å². The van der Waals surface area contributed by atoms with Crippen LogP contribution in [0.4, 0.5) is 0 Å². The fourth-order valence-corrected chi connectivity index (χ4v) is 2.66. The summed E-state index contributed by atoms with van der Waals surface area (Å²) in [6, 6.07) is 0. The van der Waals surface area contributed by atoms with Crippen LogP contribution in [0.25, 0.3) is 0 Å². The van der Waals surface area contributed by atoms with Crippen molar-refractivity contribution in [3.63, 3.8) is 0 Å². The van der Waals surface area contributed by atoms with Crippen molar-refractivity contribution in [1.82, 2.24) is 0 Å². The van der Waals surface area contributed by atoms with Crippen LogP contribution in [-0.4, -0.2) is 41.1 Å². The molecule has 0 saturated heterocycles. The van der Waals surface area contributed by atoms with Gasteiger partial charge >= 0.3 is 5.97 Å². The molecule has 0 amide bonds. The van der Waals surface area contributed by atoms with Crippen molar-refractivity contribution in [2.24, 2.45) is 0 Å². The molecular weight excluding hydrogens is 271 g/mol. The summed E-state index contributed by atoms with van der Waals surface area (Å²) in [5.41, 5.74) is 0. The molecule has 127 valence electrons. The van der Waals surface area contributed by atoms with E-state index in [4.69, 9.17) is 10.2 Å². The first-order valence-electron chi connectivity index (χ1n) is 9.09. The zero-order valence-electron chi connectivity index (χ0n) is 15.0. The first-order chi connectivity index (χ1) is 10.2. The van der Waals surface area contributed by atoms with Gasteiger partial charge in [-0.2, -0.15) is 0 Å². The molecule has 0 heterocycles. The number of unbranched alkanes of at least 4 members (excludes halogenated alkanes) is 13. The summed E-state index contributed by atoms with van der Waals surface area (Å²) in [5.74, 6) is -1.09. The fourth-order valence-electron chi connectivity index (χ4n) is 2.66. The molecule has 0 spiro atoms. The summed E-state index contributed by atoms with van der Waals surface area (Å²) < 4.78 is 0. The molecule has 0 aliphatic carbocycles. The minimum atomic E-state index is -1.16. The third-order valence-electron chi connectivity index (χ3n) is 4.12. The van der Waals surface area contributed by atoms with E-state index in [1.165, 1.54) is 77.0 Å². The molecule has 0 aliphatic rings. The van der Waals surface area contributed by atoms with Crippen LogP contribution in [0.5, 0.6) is 0 Å². The predicted molar refractivity (Wildman–Crippen MR) is 94.3 cm³/mol. The average Bonchev–Trinajstić information content (AvgIpc) is 2.47. The summed E-state index contributed by atoms with van der Waals surface area (Å²) in [4.78, 5) is 10.4. The summed E-state index contributed by atoms with van der Waals surface area (Å²) in [7, 11) is 0. The van der Waals surface area contributed by atoms with Crippen LogP contribution >= 0.6 is 0 Å². The number of rotatable bonds is 16. The van der Waals surface area contributed by atoms with E-state index in [-0.39, 0.29) is 18.9 Å². The molecule has 0 aliphatic heterocycles. The first kappa shape index (κ1) is 24.3. The topological polar surface area (TPSA) is 57.5 Å². The SMILES string of the molecule is CCCCCCCCCCCCCCCCC(O)C(=O)O.[Li]. The number of carboxylic acid groups (broad SMARTS) is 1. The molecule has 1 radical (unpaired) electrons. The van der Waals surface area contributed by atoms with Crippen molar-refractivity contribution < 1.29 is 15.0 Å². The van der Waals surface area contributed by atoms with Crippen LogP contribution in [-0.2, 0) is 4.79 Å². The predicted octanol–water partition coefficient (Wildman–Crippen LogP) is 4.92. The second-order valence-corrected chi connectivity index (χ2v) is 6.24. The van der Waals surface area contributed by atoms with E-state index in [0.717, 1.165) is 12.8 Å². The van der Waals surface area contributed by atoms with Gasteiger partial charge in [0.25, 0.3) is 0 Å². The van der Waals surface area contributed by atoms with E-state index in [2.05, 4.69) is 6.92 Å². The Kier molecular flexibility index (Phi) is 21.1. The van der Waals surface area contributed by atoms with Gasteiger partial charge in [0, 0.05) is 18.9 Å². The maximum absolute atomic E-state index is 10.4. The molecule has 2 N–H and O–H groups in total. The van der Waals surface area contributed by atoms with Crippen molar-refractivity contribution in [2.45, 2.75) is 109 Å². The third-order valence-corrected chi connectivity index (χ3v) is 4.12. The molecule has 4 heteroatoms. The van der Waals surface area contributed by atoms with Gasteiger partial charge in [0.1, 0.15) is 0 Å². The van der Waals surface area contributed by atoms with Gasteiger partial charge in [-0.3, -0.25) is 0 Å². The minimum absolute atomic E-state index is 0. The van der Waals surface area contributed by atoms with Gasteiger partial charge in [-0.05, 0) is 6.42 Å². The van der Waals surface area contributed by atoms with Crippen LogP contribution in [0, 0.1) is 0 Å². The Morgan fingerprint density at radius 2 is 1.05 bits per heavy atom. The Labute approximate surface area is 149 Å². The fraction of sp³-hybridized carbons (Fsp3) is 0.944. The number of hydrogen-bond acceptors (Lipinski definition) is 2. The van der Waals surface area contributed by atoms with E-state index in [1.54, 1.807) is 0 Å². The average molecular weight is 307 g/mol. The third kappa shape index (κ3) is 18.1. The Morgan fingerprint density at radius 3 is 1.36 bits per heavy atom. The quantitative estimate of drug-likeness (QED) is 0.314. The normalized spacial score (nSPS) is 11.9. The standard InChI is InChI=1S/C18H36O3.Li/c1-2-3-4-5-6-7-8-9-10-11-12-13-14-15-16-17(19)18(20)21;/h17,19H,2-16H2,1H3,(H,20,21);. The molecule has 0 bridgehead atoms. The summed E-state index contributed by atoms with van der Waals surface area (Å²) in [6.07, 6.45) is 17.3. The van der Waals surface area contributed by atoms with Crippen LogP contribution in [0.15, 0.2) is 0 Å². The van der Waals surface area contributed by atoms with Gasteiger partial charge in [0.05, 0.1) is 0 Å². The number of aliphatic hydroxyl groups is 1. The zero-order chi connectivity index (χ0) is 15.8. The molecule has 0 saturated carbocycles. The molecular formula is C18H36LiO3. The molecule has 1 atom stereocenters. The van der Waals surface area contributed by atoms with Crippen molar-refractivity contribution in [1.29, 1.82) is 0 Å². The molecule has 3 nitrogen and oxygen atoms in total. The Hall–Kier alpha value is 0.0274. The van der Waals surface area contributed by atoms with Gasteiger partial charge < -0.3 is 10.2 Å². The second kappa shape index (κ2) is 19.1. The van der Waals surface area contributed by atoms with Crippen LogP contribution in [0.1, 0.15) is 103 Å². The monoisotopic (exact) mass is 307 g/mol.